The Kier molecular flexibility index (Phi) is 3.09. The molecule has 0 radical (unpaired) electrons. The zero-order chi connectivity index (χ0) is 12.4. The highest BCUT2D eigenvalue weighted by molar-refractivity contribution is 5.58. The highest BCUT2D eigenvalue weighted by Crippen LogP contribution is 2.15. The van der Waals surface area contributed by atoms with E-state index in [9.17, 15) is 4.79 Å². The Bertz CT molecular complexity index is 568. The third-order valence-electron chi connectivity index (χ3n) is 2.74. The number of hydrogen-bond acceptors (Lipinski definition) is 2. The second-order valence-corrected chi connectivity index (χ2v) is 4.48. The molecule has 3 nitrogen and oxygen atoms in total. The molecule has 0 spiro atoms. The van der Waals surface area contributed by atoms with Crippen LogP contribution in [0.25, 0.3) is 11.3 Å². The molecule has 0 atom stereocenters. The highest BCUT2D eigenvalue weighted by atomic mass is 16.1. The van der Waals surface area contributed by atoms with E-state index in [0.29, 0.717) is 0 Å². The first-order valence-corrected chi connectivity index (χ1v) is 5.73. The summed E-state index contributed by atoms with van der Waals surface area (Å²) < 4.78 is 1.62. The Hall–Kier alpha value is -1.90. The summed E-state index contributed by atoms with van der Waals surface area (Å²) in [5, 5.41) is 0. The van der Waals surface area contributed by atoms with Crippen molar-refractivity contribution in [1.29, 1.82) is 0 Å². The normalized spacial score (nSPS) is 10.8. The van der Waals surface area contributed by atoms with Crippen LogP contribution in [0.15, 0.2) is 41.5 Å². The van der Waals surface area contributed by atoms with Crippen LogP contribution < -0.4 is 5.56 Å². The van der Waals surface area contributed by atoms with Crippen LogP contribution in [0.1, 0.15) is 25.5 Å². The third-order valence-corrected chi connectivity index (χ3v) is 2.74. The van der Waals surface area contributed by atoms with Crippen LogP contribution in [-0.4, -0.2) is 9.55 Å². The maximum Gasteiger partial charge on any atom is 0.254 e. The molecule has 0 saturated heterocycles. The summed E-state index contributed by atoms with van der Waals surface area (Å²) >= 11 is 0. The average molecular weight is 228 g/mol. The second-order valence-electron chi connectivity index (χ2n) is 4.48. The zero-order valence-corrected chi connectivity index (χ0v) is 10.3. The smallest absolute Gasteiger partial charge is 0.254 e. The number of benzene rings is 1. The van der Waals surface area contributed by atoms with Gasteiger partial charge in [0.1, 0.15) is 0 Å². The molecule has 0 aliphatic rings. The summed E-state index contributed by atoms with van der Waals surface area (Å²) in [7, 11) is 0. The fraction of sp³-hybridized carbons (Fsp3) is 0.286. The van der Waals surface area contributed by atoms with Crippen LogP contribution in [0.3, 0.4) is 0 Å². The molecule has 0 aliphatic carbocycles. The van der Waals surface area contributed by atoms with E-state index in [0.717, 1.165) is 11.3 Å². The van der Waals surface area contributed by atoms with Crippen molar-refractivity contribution in [2.75, 3.05) is 0 Å². The molecule has 0 saturated carbocycles. The predicted octanol–water partition coefficient (Wildman–Crippen LogP) is 2.80. The van der Waals surface area contributed by atoms with Gasteiger partial charge in [0.25, 0.3) is 5.56 Å². The maximum atomic E-state index is 11.8. The Morgan fingerprint density at radius 3 is 2.35 bits per heavy atom. The Labute approximate surface area is 101 Å². The Balaban J connectivity index is 2.45. The second kappa shape index (κ2) is 4.53. The molecular formula is C14H16N2O. The molecule has 1 aromatic heterocycles. The van der Waals surface area contributed by atoms with Gasteiger partial charge in [-0.2, -0.15) is 0 Å². The van der Waals surface area contributed by atoms with Crippen LogP contribution in [0.5, 0.6) is 0 Å². The van der Waals surface area contributed by atoms with Crippen LogP contribution in [-0.2, 0) is 0 Å². The number of aromatic nitrogens is 2. The molecule has 0 bridgehead atoms. The minimum absolute atomic E-state index is 0.00873. The minimum atomic E-state index is -0.00873. The van der Waals surface area contributed by atoms with Gasteiger partial charge in [-0.05, 0) is 20.8 Å². The van der Waals surface area contributed by atoms with E-state index < -0.39 is 0 Å². The molecule has 0 N–H and O–H groups in total. The summed E-state index contributed by atoms with van der Waals surface area (Å²) in [6.07, 6.45) is 1.61. The molecule has 2 aromatic rings. The zero-order valence-electron chi connectivity index (χ0n) is 10.3. The Morgan fingerprint density at radius 1 is 1.18 bits per heavy atom. The molecule has 0 aliphatic heterocycles. The summed E-state index contributed by atoms with van der Waals surface area (Å²) in [4.78, 5) is 16.2. The molecule has 1 aromatic carbocycles. The van der Waals surface area contributed by atoms with Gasteiger partial charge < -0.3 is 0 Å². The molecule has 88 valence electrons. The standard InChI is InChI=1S/C14H16N2O/c1-10(2)16-9-15-13(8-14(16)17)12-6-4-11(3)5-7-12/h4-10H,1-3H3. The van der Waals surface area contributed by atoms with Crippen LogP contribution in [0.4, 0.5) is 0 Å². The molecule has 3 heteroatoms. The monoisotopic (exact) mass is 228 g/mol. The van der Waals surface area contributed by atoms with E-state index in [1.165, 1.54) is 5.56 Å². The van der Waals surface area contributed by atoms with Crippen molar-refractivity contribution in [3.05, 3.63) is 52.6 Å². The van der Waals surface area contributed by atoms with Gasteiger partial charge in [-0.1, -0.05) is 29.8 Å². The summed E-state index contributed by atoms with van der Waals surface area (Å²) in [6.45, 7) is 5.97. The van der Waals surface area contributed by atoms with Gasteiger partial charge in [-0.3, -0.25) is 9.36 Å². The summed E-state index contributed by atoms with van der Waals surface area (Å²) in [5.74, 6) is 0. The SMILES string of the molecule is Cc1ccc(-c2cc(=O)n(C(C)C)cn2)cc1. The van der Waals surface area contributed by atoms with Crippen molar-refractivity contribution >= 4 is 0 Å². The quantitative estimate of drug-likeness (QED) is 0.792. The topological polar surface area (TPSA) is 34.9 Å². The number of hydrogen-bond donors (Lipinski definition) is 0. The van der Waals surface area contributed by atoms with Crippen molar-refractivity contribution < 1.29 is 0 Å². The molecule has 17 heavy (non-hydrogen) atoms. The summed E-state index contributed by atoms with van der Waals surface area (Å²) in [5.41, 5.74) is 2.89. The fourth-order valence-corrected chi connectivity index (χ4v) is 1.68. The van der Waals surface area contributed by atoms with E-state index in [2.05, 4.69) is 4.98 Å². The van der Waals surface area contributed by atoms with E-state index in [1.54, 1.807) is 17.0 Å². The first-order valence-electron chi connectivity index (χ1n) is 5.73. The van der Waals surface area contributed by atoms with Crippen LogP contribution >= 0.6 is 0 Å². The first-order chi connectivity index (χ1) is 8.08. The number of rotatable bonds is 2. The number of aryl methyl sites for hydroxylation is 1. The van der Waals surface area contributed by atoms with E-state index in [-0.39, 0.29) is 11.6 Å². The molecule has 0 amide bonds. The van der Waals surface area contributed by atoms with Gasteiger partial charge in [-0.25, -0.2) is 4.98 Å². The third kappa shape index (κ3) is 2.44. The van der Waals surface area contributed by atoms with Gasteiger partial charge in [0, 0.05) is 17.7 Å². The lowest BCUT2D eigenvalue weighted by molar-refractivity contribution is 0.568. The van der Waals surface area contributed by atoms with Crippen molar-refractivity contribution in [2.24, 2.45) is 0 Å². The first kappa shape index (κ1) is 11.6. The molecule has 0 unspecified atom stereocenters. The van der Waals surface area contributed by atoms with E-state index >= 15 is 0 Å². The lowest BCUT2D eigenvalue weighted by atomic mass is 10.1. The van der Waals surface area contributed by atoms with Gasteiger partial charge in [0.05, 0.1) is 12.0 Å². The van der Waals surface area contributed by atoms with Crippen LogP contribution in [0, 0.1) is 6.92 Å². The fourth-order valence-electron chi connectivity index (χ4n) is 1.68. The predicted molar refractivity (Wildman–Crippen MR) is 69.1 cm³/mol. The molecule has 1 heterocycles. The van der Waals surface area contributed by atoms with Crippen molar-refractivity contribution in [3.8, 4) is 11.3 Å². The largest absolute Gasteiger partial charge is 0.297 e. The molecular weight excluding hydrogens is 212 g/mol. The molecule has 2 rings (SSSR count). The number of nitrogens with zero attached hydrogens (tertiary/aromatic N) is 2. The average Bonchev–Trinajstić information content (AvgIpc) is 2.29. The molecule has 0 fully saturated rings. The van der Waals surface area contributed by atoms with Crippen molar-refractivity contribution in [2.45, 2.75) is 26.8 Å². The van der Waals surface area contributed by atoms with E-state index in [4.69, 9.17) is 0 Å². The lowest BCUT2D eigenvalue weighted by Gasteiger charge is -2.09. The van der Waals surface area contributed by atoms with Gasteiger partial charge in [0.15, 0.2) is 0 Å². The van der Waals surface area contributed by atoms with Crippen LogP contribution in [0.2, 0.25) is 0 Å². The van der Waals surface area contributed by atoms with Gasteiger partial charge >= 0.3 is 0 Å². The van der Waals surface area contributed by atoms with E-state index in [1.807, 2.05) is 45.0 Å². The van der Waals surface area contributed by atoms with Crippen molar-refractivity contribution in [3.63, 3.8) is 0 Å². The minimum Gasteiger partial charge on any atom is -0.297 e. The van der Waals surface area contributed by atoms with Gasteiger partial charge in [-0.15, -0.1) is 0 Å². The Morgan fingerprint density at radius 2 is 1.82 bits per heavy atom. The maximum absolute atomic E-state index is 11.8. The van der Waals surface area contributed by atoms with Gasteiger partial charge in [0.2, 0.25) is 0 Å². The lowest BCUT2D eigenvalue weighted by Crippen LogP contribution is -2.21. The van der Waals surface area contributed by atoms with Crippen molar-refractivity contribution in [1.82, 2.24) is 9.55 Å². The highest BCUT2D eigenvalue weighted by Gasteiger charge is 2.04. The summed E-state index contributed by atoms with van der Waals surface area (Å²) in [6, 6.07) is 9.73.